The maximum Gasteiger partial charge on any atom is 0.308 e. The highest BCUT2D eigenvalue weighted by Crippen LogP contribution is 2.41. The van der Waals surface area contributed by atoms with E-state index in [9.17, 15) is 14.7 Å². The van der Waals surface area contributed by atoms with E-state index in [0.29, 0.717) is 5.56 Å². The summed E-state index contributed by atoms with van der Waals surface area (Å²) in [4.78, 5) is 25.7. The van der Waals surface area contributed by atoms with Crippen molar-refractivity contribution < 1.29 is 14.7 Å². The lowest BCUT2D eigenvalue weighted by atomic mass is 9.94. The van der Waals surface area contributed by atoms with Crippen LogP contribution >= 0.6 is 0 Å². The average Bonchev–Trinajstić information content (AvgIpc) is 2.81. The number of carbonyl (C=O) groups is 2. The molecule has 0 saturated carbocycles. The van der Waals surface area contributed by atoms with Crippen molar-refractivity contribution in [2.45, 2.75) is 13.0 Å². The van der Waals surface area contributed by atoms with E-state index in [-0.39, 0.29) is 5.91 Å². The van der Waals surface area contributed by atoms with Gasteiger partial charge in [0.25, 0.3) is 5.91 Å². The van der Waals surface area contributed by atoms with E-state index >= 15 is 0 Å². The molecular weight excluding hydrogens is 266 g/mol. The van der Waals surface area contributed by atoms with Gasteiger partial charge in [0.2, 0.25) is 0 Å². The largest absolute Gasteiger partial charge is 0.481 e. The third-order valence-corrected chi connectivity index (χ3v) is 3.90. The number of hydrogen-bond acceptors (Lipinski definition) is 2. The van der Waals surface area contributed by atoms with Gasteiger partial charge >= 0.3 is 5.97 Å². The molecule has 2 aromatic carbocycles. The van der Waals surface area contributed by atoms with Crippen LogP contribution < -0.4 is 4.90 Å². The summed E-state index contributed by atoms with van der Waals surface area (Å²) in [5.74, 6) is -1.74. The van der Waals surface area contributed by atoms with Crippen molar-refractivity contribution in [2.24, 2.45) is 5.92 Å². The molecule has 4 nitrogen and oxygen atoms in total. The van der Waals surface area contributed by atoms with Crippen LogP contribution in [0.4, 0.5) is 5.69 Å². The average molecular weight is 281 g/mol. The molecule has 2 unspecified atom stereocenters. The van der Waals surface area contributed by atoms with Crippen molar-refractivity contribution in [3.05, 3.63) is 65.7 Å². The number of carbonyl (C=O) groups excluding carboxylic acids is 1. The van der Waals surface area contributed by atoms with Gasteiger partial charge in [-0.25, -0.2) is 0 Å². The van der Waals surface area contributed by atoms with Gasteiger partial charge in [0.1, 0.15) is 0 Å². The zero-order valence-electron chi connectivity index (χ0n) is 11.6. The van der Waals surface area contributed by atoms with Crippen LogP contribution in [0.1, 0.15) is 28.9 Å². The molecule has 0 radical (unpaired) electrons. The molecular formula is C17H15NO3. The highest BCUT2D eigenvalue weighted by atomic mass is 16.4. The lowest BCUT2D eigenvalue weighted by molar-refractivity contribution is -0.141. The number of hydrogen-bond donors (Lipinski definition) is 1. The fourth-order valence-electron chi connectivity index (χ4n) is 2.84. The van der Waals surface area contributed by atoms with Crippen LogP contribution in [-0.2, 0) is 4.79 Å². The summed E-state index contributed by atoms with van der Waals surface area (Å²) in [5, 5.41) is 9.38. The maximum atomic E-state index is 12.7. The normalized spacial score (nSPS) is 18.4. The van der Waals surface area contributed by atoms with E-state index in [0.717, 1.165) is 11.3 Å². The van der Waals surface area contributed by atoms with Crippen LogP contribution in [0.25, 0.3) is 0 Å². The molecule has 0 spiro atoms. The molecule has 1 N–H and O–H groups in total. The van der Waals surface area contributed by atoms with E-state index in [4.69, 9.17) is 0 Å². The summed E-state index contributed by atoms with van der Waals surface area (Å²) >= 11 is 0. The second kappa shape index (κ2) is 5.05. The Morgan fingerprint density at radius 2 is 1.71 bits per heavy atom. The van der Waals surface area contributed by atoms with Crippen LogP contribution in [0.15, 0.2) is 54.6 Å². The predicted molar refractivity (Wildman–Crippen MR) is 79.2 cm³/mol. The van der Waals surface area contributed by atoms with Gasteiger partial charge in [-0.15, -0.1) is 0 Å². The minimum absolute atomic E-state index is 0.144. The number of para-hydroxylation sites is 1. The molecule has 0 fully saturated rings. The first kappa shape index (κ1) is 13.4. The van der Waals surface area contributed by atoms with Crippen LogP contribution in [0.5, 0.6) is 0 Å². The number of rotatable bonds is 3. The molecule has 0 saturated heterocycles. The zero-order chi connectivity index (χ0) is 15.0. The molecule has 2 atom stereocenters. The quantitative estimate of drug-likeness (QED) is 0.940. The SMILES string of the molecule is CC(C(=O)O)C1c2ccccc2C(=O)N1c1ccccc1. The molecule has 106 valence electrons. The monoisotopic (exact) mass is 281 g/mol. The summed E-state index contributed by atoms with van der Waals surface area (Å²) < 4.78 is 0. The molecule has 21 heavy (non-hydrogen) atoms. The van der Waals surface area contributed by atoms with E-state index in [1.807, 2.05) is 42.5 Å². The number of nitrogens with zero attached hydrogens (tertiary/aromatic N) is 1. The van der Waals surface area contributed by atoms with E-state index in [1.54, 1.807) is 24.0 Å². The van der Waals surface area contributed by atoms with Crippen LogP contribution in [0, 0.1) is 5.92 Å². The Morgan fingerprint density at radius 1 is 1.10 bits per heavy atom. The predicted octanol–water partition coefficient (Wildman–Crippen LogP) is 3.11. The molecule has 0 aromatic heterocycles. The molecule has 1 aliphatic rings. The standard InChI is InChI=1S/C17H15NO3/c1-11(17(20)21)15-13-9-5-6-10-14(13)16(19)18(15)12-7-3-2-4-8-12/h2-11,15H,1H3,(H,20,21). The van der Waals surface area contributed by atoms with Gasteiger partial charge in [0.05, 0.1) is 12.0 Å². The van der Waals surface area contributed by atoms with E-state index < -0.39 is 17.9 Å². The van der Waals surface area contributed by atoms with Crippen molar-refractivity contribution in [3.63, 3.8) is 0 Å². The number of fused-ring (bicyclic) bond motifs is 1. The fraction of sp³-hybridized carbons (Fsp3) is 0.176. The Labute approximate surface area is 122 Å². The molecule has 3 rings (SSSR count). The van der Waals surface area contributed by atoms with Crippen molar-refractivity contribution >= 4 is 17.6 Å². The molecule has 1 aliphatic heterocycles. The zero-order valence-corrected chi connectivity index (χ0v) is 11.6. The van der Waals surface area contributed by atoms with E-state index in [2.05, 4.69) is 0 Å². The minimum Gasteiger partial charge on any atom is -0.481 e. The highest BCUT2D eigenvalue weighted by molar-refractivity contribution is 6.11. The van der Waals surface area contributed by atoms with Gasteiger partial charge in [-0.1, -0.05) is 36.4 Å². The lowest BCUT2D eigenvalue weighted by Gasteiger charge is -2.28. The number of amides is 1. The first-order valence-electron chi connectivity index (χ1n) is 6.81. The lowest BCUT2D eigenvalue weighted by Crippen LogP contribution is -2.34. The molecule has 4 heteroatoms. The van der Waals surface area contributed by atoms with Crippen LogP contribution in [0.3, 0.4) is 0 Å². The Balaban J connectivity index is 2.15. The summed E-state index contributed by atoms with van der Waals surface area (Å²) in [6, 6.07) is 15.9. The summed E-state index contributed by atoms with van der Waals surface area (Å²) in [7, 11) is 0. The second-order valence-corrected chi connectivity index (χ2v) is 5.17. The Morgan fingerprint density at radius 3 is 2.38 bits per heavy atom. The molecule has 0 aliphatic carbocycles. The summed E-state index contributed by atoms with van der Waals surface area (Å²) in [6.45, 7) is 1.64. The van der Waals surface area contributed by atoms with Crippen molar-refractivity contribution in [1.29, 1.82) is 0 Å². The smallest absolute Gasteiger partial charge is 0.308 e. The number of anilines is 1. The fourth-order valence-corrected chi connectivity index (χ4v) is 2.84. The first-order chi connectivity index (χ1) is 10.1. The molecule has 0 bridgehead atoms. The topological polar surface area (TPSA) is 57.6 Å². The maximum absolute atomic E-state index is 12.7. The Kier molecular flexibility index (Phi) is 3.22. The number of carboxylic acids is 1. The highest BCUT2D eigenvalue weighted by Gasteiger charge is 2.42. The molecule has 2 aromatic rings. The molecule has 1 heterocycles. The summed E-state index contributed by atoms with van der Waals surface area (Å²) in [6.07, 6.45) is 0. The van der Waals surface area contributed by atoms with Gasteiger partial charge in [-0.05, 0) is 30.7 Å². The van der Waals surface area contributed by atoms with Gasteiger partial charge in [-0.3, -0.25) is 14.5 Å². The van der Waals surface area contributed by atoms with Gasteiger partial charge < -0.3 is 5.11 Å². The van der Waals surface area contributed by atoms with Crippen LogP contribution in [0.2, 0.25) is 0 Å². The number of benzene rings is 2. The van der Waals surface area contributed by atoms with Gasteiger partial charge in [-0.2, -0.15) is 0 Å². The number of aliphatic carboxylic acids is 1. The third kappa shape index (κ3) is 2.09. The first-order valence-corrected chi connectivity index (χ1v) is 6.81. The van der Waals surface area contributed by atoms with Gasteiger partial charge in [0, 0.05) is 11.3 Å². The summed E-state index contributed by atoms with van der Waals surface area (Å²) in [5.41, 5.74) is 2.08. The molecule has 1 amide bonds. The van der Waals surface area contributed by atoms with Crippen molar-refractivity contribution in [3.8, 4) is 0 Å². The Bertz CT molecular complexity index is 696. The van der Waals surface area contributed by atoms with Gasteiger partial charge in [0.15, 0.2) is 0 Å². The van der Waals surface area contributed by atoms with Crippen LogP contribution in [-0.4, -0.2) is 17.0 Å². The van der Waals surface area contributed by atoms with Crippen molar-refractivity contribution in [1.82, 2.24) is 0 Å². The third-order valence-electron chi connectivity index (χ3n) is 3.90. The second-order valence-electron chi connectivity index (χ2n) is 5.17. The number of carboxylic acid groups (broad SMARTS) is 1. The Hall–Kier alpha value is -2.62. The minimum atomic E-state index is -0.912. The van der Waals surface area contributed by atoms with E-state index in [1.165, 1.54) is 0 Å². The van der Waals surface area contributed by atoms with Crippen molar-refractivity contribution in [2.75, 3.05) is 4.90 Å².